The van der Waals surface area contributed by atoms with Crippen molar-refractivity contribution in [1.82, 2.24) is 4.90 Å². The molecule has 28 heavy (non-hydrogen) atoms. The van der Waals surface area contributed by atoms with Crippen LogP contribution in [0.5, 0.6) is 0 Å². The van der Waals surface area contributed by atoms with E-state index < -0.39 is 0 Å². The molecule has 1 fully saturated rings. The number of carbonyl (C=O) groups is 2. The second kappa shape index (κ2) is 9.99. The highest BCUT2D eigenvalue weighted by atomic mass is 35.5. The van der Waals surface area contributed by atoms with E-state index in [9.17, 15) is 9.59 Å². The summed E-state index contributed by atoms with van der Waals surface area (Å²) in [4.78, 5) is 27.4. The van der Waals surface area contributed by atoms with Crippen molar-refractivity contribution in [2.45, 2.75) is 43.7 Å². The molecule has 1 atom stereocenters. The van der Waals surface area contributed by atoms with Crippen molar-refractivity contribution in [3.8, 4) is 0 Å². The molecule has 4 nitrogen and oxygen atoms in total. The zero-order valence-corrected chi connectivity index (χ0v) is 17.5. The van der Waals surface area contributed by atoms with Gasteiger partial charge in [-0.1, -0.05) is 41.4 Å². The number of nitrogens with zero attached hydrogens (tertiary/aromatic N) is 1. The maximum Gasteiger partial charge on any atom is 0.307 e. The zero-order chi connectivity index (χ0) is 19.9. The van der Waals surface area contributed by atoms with E-state index in [4.69, 9.17) is 16.3 Å². The van der Waals surface area contributed by atoms with Crippen molar-refractivity contribution in [2.24, 2.45) is 0 Å². The van der Waals surface area contributed by atoms with E-state index in [0.717, 1.165) is 10.5 Å². The number of amides is 1. The van der Waals surface area contributed by atoms with Crippen LogP contribution in [0.3, 0.4) is 0 Å². The molecule has 0 bridgehead atoms. The molecule has 0 radical (unpaired) electrons. The summed E-state index contributed by atoms with van der Waals surface area (Å²) in [5.74, 6) is 0.548. The predicted octanol–water partition coefficient (Wildman–Crippen LogP) is 4.87. The van der Waals surface area contributed by atoms with Gasteiger partial charge in [-0.3, -0.25) is 9.59 Å². The molecular weight excluding hydrogens is 394 g/mol. The molecule has 3 rings (SSSR count). The summed E-state index contributed by atoms with van der Waals surface area (Å²) in [5, 5.41) is 0.706. The van der Waals surface area contributed by atoms with Gasteiger partial charge in [0.25, 0.3) is 0 Å². The van der Waals surface area contributed by atoms with Gasteiger partial charge in [0.15, 0.2) is 0 Å². The van der Waals surface area contributed by atoms with E-state index in [0.29, 0.717) is 36.8 Å². The third kappa shape index (κ3) is 6.01. The van der Waals surface area contributed by atoms with Crippen LogP contribution in [-0.2, 0) is 20.9 Å². The van der Waals surface area contributed by atoms with Crippen molar-refractivity contribution >= 4 is 35.2 Å². The molecule has 2 aromatic carbocycles. The van der Waals surface area contributed by atoms with Gasteiger partial charge in [0.1, 0.15) is 6.61 Å². The van der Waals surface area contributed by atoms with Crippen LogP contribution in [-0.4, -0.2) is 35.2 Å². The molecule has 2 aromatic rings. The standard InChI is InChI=1S/C22H24ClNO3S/c1-16-2-4-17(5-3-16)15-24-19(8-11-21(24)25)14-22(26)27-12-13-28-20-9-6-18(23)7-10-20/h2-7,9-10,19H,8,11-15H2,1H3. The smallest absolute Gasteiger partial charge is 0.307 e. The van der Waals surface area contributed by atoms with Crippen LogP contribution >= 0.6 is 23.4 Å². The average molecular weight is 418 g/mol. The number of hydrogen-bond acceptors (Lipinski definition) is 4. The monoisotopic (exact) mass is 417 g/mol. The first-order valence-electron chi connectivity index (χ1n) is 9.40. The molecule has 1 unspecified atom stereocenters. The summed E-state index contributed by atoms with van der Waals surface area (Å²) in [6, 6.07) is 15.6. The largest absolute Gasteiger partial charge is 0.465 e. The molecule has 0 spiro atoms. The maximum atomic E-state index is 12.2. The molecule has 1 amide bonds. The molecule has 1 aliphatic rings. The maximum absolute atomic E-state index is 12.2. The minimum absolute atomic E-state index is 0.0785. The Hall–Kier alpha value is -1.98. The van der Waals surface area contributed by atoms with Crippen LogP contribution in [0, 0.1) is 6.92 Å². The van der Waals surface area contributed by atoms with Crippen LogP contribution in [0.1, 0.15) is 30.4 Å². The van der Waals surface area contributed by atoms with Crippen LogP contribution in [0.15, 0.2) is 53.4 Å². The molecular formula is C22H24ClNO3S. The number of thioether (sulfide) groups is 1. The van der Waals surface area contributed by atoms with Crippen molar-refractivity contribution in [3.63, 3.8) is 0 Å². The SMILES string of the molecule is Cc1ccc(CN2C(=O)CCC2CC(=O)OCCSc2ccc(Cl)cc2)cc1. The van der Waals surface area contributed by atoms with Gasteiger partial charge in [0.05, 0.1) is 6.42 Å². The van der Waals surface area contributed by atoms with Gasteiger partial charge in [-0.2, -0.15) is 0 Å². The first kappa shape index (κ1) is 20.7. The predicted molar refractivity (Wildman–Crippen MR) is 113 cm³/mol. The van der Waals surface area contributed by atoms with Crippen molar-refractivity contribution < 1.29 is 14.3 Å². The normalized spacial score (nSPS) is 16.4. The summed E-state index contributed by atoms with van der Waals surface area (Å²) in [7, 11) is 0. The number of hydrogen-bond donors (Lipinski definition) is 0. The fourth-order valence-electron chi connectivity index (χ4n) is 3.21. The molecule has 1 saturated heterocycles. The zero-order valence-electron chi connectivity index (χ0n) is 15.9. The van der Waals surface area contributed by atoms with E-state index in [1.54, 1.807) is 11.8 Å². The number of rotatable bonds is 8. The van der Waals surface area contributed by atoms with E-state index in [2.05, 4.69) is 0 Å². The summed E-state index contributed by atoms with van der Waals surface area (Å²) in [5.41, 5.74) is 2.27. The number of aryl methyl sites for hydroxylation is 1. The summed E-state index contributed by atoms with van der Waals surface area (Å²) in [6.45, 7) is 2.93. The highest BCUT2D eigenvalue weighted by Gasteiger charge is 2.32. The molecule has 0 N–H and O–H groups in total. The van der Waals surface area contributed by atoms with Crippen LogP contribution in [0.25, 0.3) is 0 Å². The van der Waals surface area contributed by atoms with Gasteiger partial charge in [0, 0.05) is 34.7 Å². The molecule has 0 saturated carbocycles. The number of ether oxygens (including phenoxy) is 1. The van der Waals surface area contributed by atoms with Gasteiger partial charge in [-0.15, -0.1) is 11.8 Å². The number of benzene rings is 2. The van der Waals surface area contributed by atoms with E-state index in [1.165, 1.54) is 5.56 Å². The lowest BCUT2D eigenvalue weighted by molar-refractivity contribution is -0.144. The Kier molecular flexibility index (Phi) is 7.40. The third-order valence-corrected chi connectivity index (χ3v) is 5.99. The van der Waals surface area contributed by atoms with Gasteiger partial charge in [-0.25, -0.2) is 0 Å². The topological polar surface area (TPSA) is 46.6 Å². The number of esters is 1. The van der Waals surface area contributed by atoms with Crippen LogP contribution in [0.4, 0.5) is 0 Å². The Morgan fingerprint density at radius 3 is 2.61 bits per heavy atom. The first-order chi connectivity index (χ1) is 13.5. The number of likely N-dealkylation sites (tertiary alicyclic amines) is 1. The molecule has 0 aliphatic carbocycles. The second-order valence-corrected chi connectivity index (χ2v) is 8.53. The molecule has 1 aliphatic heterocycles. The van der Waals surface area contributed by atoms with E-state index in [-0.39, 0.29) is 24.3 Å². The Labute approximate surface area is 175 Å². The fraction of sp³-hybridized carbons (Fsp3) is 0.364. The lowest BCUT2D eigenvalue weighted by atomic mass is 10.1. The minimum Gasteiger partial charge on any atom is -0.465 e. The van der Waals surface area contributed by atoms with Crippen molar-refractivity contribution in [3.05, 3.63) is 64.7 Å². The van der Waals surface area contributed by atoms with E-state index in [1.807, 2.05) is 60.4 Å². The minimum atomic E-state index is -0.245. The third-order valence-electron chi connectivity index (χ3n) is 4.76. The molecule has 6 heteroatoms. The first-order valence-corrected chi connectivity index (χ1v) is 10.8. The highest BCUT2D eigenvalue weighted by molar-refractivity contribution is 7.99. The highest BCUT2D eigenvalue weighted by Crippen LogP contribution is 2.25. The Balaban J connectivity index is 1.43. The molecule has 1 heterocycles. The molecule has 0 aromatic heterocycles. The van der Waals surface area contributed by atoms with Crippen molar-refractivity contribution in [1.29, 1.82) is 0 Å². The van der Waals surface area contributed by atoms with Crippen LogP contribution < -0.4 is 0 Å². The van der Waals surface area contributed by atoms with Gasteiger partial charge < -0.3 is 9.64 Å². The van der Waals surface area contributed by atoms with Crippen molar-refractivity contribution in [2.75, 3.05) is 12.4 Å². The Bertz CT molecular complexity index is 808. The summed E-state index contributed by atoms with van der Waals surface area (Å²) in [6.07, 6.45) is 1.46. The summed E-state index contributed by atoms with van der Waals surface area (Å²) >= 11 is 7.49. The Morgan fingerprint density at radius 2 is 1.89 bits per heavy atom. The average Bonchev–Trinajstić information content (AvgIpc) is 3.02. The van der Waals surface area contributed by atoms with Gasteiger partial charge >= 0.3 is 5.97 Å². The molecule has 148 valence electrons. The Morgan fingerprint density at radius 1 is 1.18 bits per heavy atom. The lowest BCUT2D eigenvalue weighted by Crippen LogP contribution is -2.34. The van der Waals surface area contributed by atoms with Gasteiger partial charge in [0.2, 0.25) is 5.91 Å². The second-order valence-electron chi connectivity index (χ2n) is 6.93. The number of halogens is 1. The quantitative estimate of drug-likeness (QED) is 0.349. The number of carbonyl (C=O) groups excluding carboxylic acids is 2. The van der Waals surface area contributed by atoms with E-state index >= 15 is 0 Å². The fourth-order valence-corrected chi connectivity index (χ4v) is 4.07. The van der Waals surface area contributed by atoms with Gasteiger partial charge in [-0.05, 0) is 43.2 Å². The summed E-state index contributed by atoms with van der Waals surface area (Å²) < 4.78 is 5.38. The van der Waals surface area contributed by atoms with Crippen LogP contribution in [0.2, 0.25) is 5.02 Å². The lowest BCUT2D eigenvalue weighted by Gasteiger charge is -2.24.